The minimum Gasteiger partial charge on any atom is -0.495 e. The maximum absolute atomic E-state index is 12.7. The lowest BCUT2D eigenvalue weighted by atomic mass is 10.2. The van der Waals surface area contributed by atoms with Crippen LogP contribution in [0.4, 0.5) is 11.4 Å². The van der Waals surface area contributed by atoms with E-state index in [1.807, 2.05) is 31.2 Å². The molecular weight excluding hydrogens is 376 g/mol. The molecule has 0 spiro atoms. The van der Waals surface area contributed by atoms with Gasteiger partial charge in [-0.25, -0.2) is 8.42 Å². The van der Waals surface area contributed by atoms with Crippen molar-refractivity contribution in [3.63, 3.8) is 0 Å². The maximum Gasteiger partial charge on any atom is 0.262 e. The van der Waals surface area contributed by atoms with E-state index in [2.05, 4.69) is 10.0 Å². The summed E-state index contributed by atoms with van der Waals surface area (Å²) in [6.07, 6.45) is 0. The van der Waals surface area contributed by atoms with Crippen molar-refractivity contribution in [2.75, 3.05) is 17.1 Å². The number of anilines is 2. The normalized spacial score (nSPS) is 10.9. The van der Waals surface area contributed by atoms with E-state index in [4.69, 9.17) is 4.74 Å². The van der Waals surface area contributed by atoms with Crippen LogP contribution in [0.25, 0.3) is 0 Å². The molecule has 0 aliphatic rings. The summed E-state index contributed by atoms with van der Waals surface area (Å²) in [5.41, 5.74) is 2.27. The minimum absolute atomic E-state index is 0.0484. The van der Waals surface area contributed by atoms with Crippen LogP contribution in [-0.4, -0.2) is 21.4 Å². The molecule has 144 valence electrons. The summed E-state index contributed by atoms with van der Waals surface area (Å²) in [4.78, 5) is 12.3. The summed E-state index contributed by atoms with van der Waals surface area (Å²) in [7, 11) is -2.35. The van der Waals surface area contributed by atoms with Crippen molar-refractivity contribution in [3.8, 4) is 5.75 Å². The topological polar surface area (TPSA) is 84.5 Å². The number of aryl methyl sites for hydroxylation is 1. The lowest BCUT2D eigenvalue weighted by Crippen LogP contribution is -2.15. The fourth-order valence-electron chi connectivity index (χ4n) is 2.62. The predicted molar refractivity (Wildman–Crippen MR) is 109 cm³/mol. The first-order chi connectivity index (χ1) is 13.4. The fraction of sp³-hybridized carbons (Fsp3) is 0.0952. The number of benzene rings is 3. The molecule has 0 aliphatic carbocycles. The molecule has 0 saturated heterocycles. The first-order valence-corrected chi connectivity index (χ1v) is 10.0. The van der Waals surface area contributed by atoms with E-state index in [0.717, 1.165) is 5.56 Å². The lowest BCUT2D eigenvalue weighted by Gasteiger charge is -2.13. The average molecular weight is 396 g/mol. The number of methoxy groups -OCH3 is 1. The molecule has 0 saturated carbocycles. The zero-order chi connectivity index (χ0) is 20.1. The van der Waals surface area contributed by atoms with Gasteiger partial charge in [0, 0.05) is 11.3 Å². The van der Waals surface area contributed by atoms with Crippen molar-refractivity contribution >= 4 is 27.3 Å². The van der Waals surface area contributed by atoms with Gasteiger partial charge >= 0.3 is 0 Å². The van der Waals surface area contributed by atoms with Gasteiger partial charge in [0.15, 0.2) is 0 Å². The van der Waals surface area contributed by atoms with Gasteiger partial charge in [0.1, 0.15) is 5.75 Å². The Labute approximate surface area is 164 Å². The van der Waals surface area contributed by atoms with Crippen LogP contribution in [0, 0.1) is 6.92 Å². The quantitative estimate of drug-likeness (QED) is 0.658. The number of rotatable bonds is 6. The maximum atomic E-state index is 12.7. The zero-order valence-corrected chi connectivity index (χ0v) is 16.3. The molecule has 0 atom stereocenters. The SMILES string of the molecule is COc1ccc(C)cc1NS(=O)(=O)c1ccc(C(=O)Nc2ccccc2)cc1. The smallest absolute Gasteiger partial charge is 0.262 e. The van der Waals surface area contributed by atoms with Crippen LogP contribution in [-0.2, 0) is 10.0 Å². The van der Waals surface area contributed by atoms with E-state index in [1.54, 1.807) is 24.3 Å². The van der Waals surface area contributed by atoms with Crippen molar-refractivity contribution in [3.05, 3.63) is 83.9 Å². The molecule has 0 fully saturated rings. The highest BCUT2D eigenvalue weighted by Gasteiger charge is 2.17. The molecule has 28 heavy (non-hydrogen) atoms. The number of hydrogen-bond acceptors (Lipinski definition) is 4. The number of amides is 1. The molecule has 3 aromatic carbocycles. The Morgan fingerprint density at radius 1 is 0.929 bits per heavy atom. The third kappa shape index (κ3) is 4.50. The average Bonchev–Trinajstić information content (AvgIpc) is 2.69. The molecule has 6 nitrogen and oxygen atoms in total. The minimum atomic E-state index is -3.83. The molecule has 3 rings (SSSR count). The Morgan fingerprint density at radius 2 is 1.61 bits per heavy atom. The molecule has 0 bridgehead atoms. The van der Waals surface area contributed by atoms with Crippen LogP contribution in [0.3, 0.4) is 0 Å². The van der Waals surface area contributed by atoms with Gasteiger partial charge in [-0.1, -0.05) is 24.3 Å². The predicted octanol–water partition coefficient (Wildman–Crippen LogP) is 4.06. The second kappa shape index (κ2) is 8.14. The Morgan fingerprint density at radius 3 is 2.25 bits per heavy atom. The van der Waals surface area contributed by atoms with Crippen LogP contribution < -0.4 is 14.8 Å². The number of carbonyl (C=O) groups excluding carboxylic acids is 1. The number of nitrogens with one attached hydrogen (secondary N) is 2. The molecule has 1 amide bonds. The molecule has 0 aromatic heterocycles. The Bertz CT molecular complexity index is 1080. The molecule has 0 heterocycles. The summed E-state index contributed by atoms with van der Waals surface area (Å²) in [5, 5.41) is 2.76. The number of ether oxygens (including phenoxy) is 1. The monoisotopic (exact) mass is 396 g/mol. The van der Waals surface area contributed by atoms with E-state index in [-0.39, 0.29) is 10.8 Å². The molecule has 0 radical (unpaired) electrons. The van der Waals surface area contributed by atoms with Gasteiger partial charge in [-0.2, -0.15) is 0 Å². The molecule has 0 unspecified atom stereocenters. The molecule has 3 aromatic rings. The summed E-state index contributed by atoms with van der Waals surface area (Å²) < 4.78 is 33.1. The van der Waals surface area contributed by atoms with Gasteiger partial charge in [0.2, 0.25) is 0 Å². The van der Waals surface area contributed by atoms with Gasteiger partial charge < -0.3 is 10.1 Å². The highest BCUT2D eigenvalue weighted by molar-refractivity contribution is 7.92. The van der Waals surface area contributed by atoms with Crippen molar-refractivity contribution in [1.82, 2.24) is 0 Å². The number of sulfonamides is 1. The first-order valence-electron chi connectivity index (χ1n) is 8.53. The van der Waals surface area contributed by atoms with Crippen LogP contribution >= 0.6 is 0 Å². The van der Waals surface area contributed by atoms with E-state index in [1.165, 1.54) is 31.4 Å². The van der Waals surface area contributed by atoms with Crippen LogP contribution in [0.5, 0.6) is 5.75 Å². The largest absolute Gasteiger partial charge is 0.495 e. The van der Waals surface area contributed by atoms with Crippen molar-refractivity contribution in [1.29, 1.82) is 0 Å². The Balaban J connectivity index is 1.78. The van der Waals surface area contributed by atoms with Crippen LogP contribution in [0.2, 0.25) is 0 Å². The second-order valence-electron chi connectivity index (χ2n) is 6.15. The van der Waals surface area contributed by atoms with Gasteiger partial charge in [-0.3, -0.25) is 9.52 Å². The molecule has 0 aliphatic heterocycles. The van der Waals surface area contributed by atoms with Crippen LogP contribution in [0.1, 0.15) is 15.9 Å². The van der Waals surface area contributed by atoms with E-state index in [9.17, 15) is 13.2 Å². The van der Waals surface area contributed by atoms with Gasteiger partial charge in [-0.05, 0) is 61.0 Å². The third-order valence-corrected chi connectivity index (χ3v) is 5.44. The molecular formula is C21H20N2O4S. The first kappa shape index (κ1) is 19.4. The van der Waals surface area contributed by atoms with Gasteiger partial charge in [-0.15, -0.1) is 0 Å². The third-order valence-electron chi connectivity index (χ3n) is 4.06. The summed E-state index contributed by atoms with van der Waals surface area (Å²) in [6.45, 7) is 1.86. The fourth-order valence-corrected chi connectivity index (χ4v) is 3.68. The van der Waals surface area contributed by atoms with E-state index < -0.39 is 10.0 Å². The highest BCUT2D eigenvalue weighted by Crippen LogP contribution is 2.28. The zero-order valence-electron chi connectivity index (χ0n) is 15.5. The van der Waals surface area contributed by atoms with E-state index in [0.29, 0.717) is 22.7 Å². The second-order valence-corrected chi connectivity index (χ2v) is 7.84. The van der Waals surface area contributed by atoms with Crippen molar-refractivity contribution in [2.24, 2.45) is 0 Å². The van der Waals surface area contributed by atoms with Gasteiger partial charge in [0.05, 0.1) is 17.7 Å². The van der Waals surface area contributed by atoms with Crippen LogP contribution in [0.15, 0.2) is 77.7 Å². The standard InChI is InChI=1S/C21H20N2O4S/c1-15-8-13-20(27-2)19(14-15)23-28(25,26)18-11-9-16(10-12-18)21(24)22-17-6-4-3-5-7-17/h3-14,23H,1-2H3,(H,22,24). The Kier molecular flexibility index (Phi) is 5.65. The summed E-state index contributed by atoms with van der Waals surface area (Å²) >= 11 is 0. The van der Waals surface area contributed by atoms with Crippen molar-refractivity contribution < 1.29 is 17.9 Å². The molecule has 7 heteroatoms. The Hall–Kier alpha value is -3.32. The van der Waals surface area contributed by atoms with Gasteiger partial charge in [0.25, 0.3) is 15.9 Å². The summed E-state index contributed by atoms with van der Waals surface area (Å²) in [5.74, 6) is 0.108. The lowest BCUT2D eigenvalue weighted by molar-refractivity contribution is 0.102. The number of hydrogen-bond donors (Lipinski definition) is 2. The number of carbonyl (C=O) groups is 1. The summed E-state index contributed by atoms with van der Waals surface area (Å²) in [6, 6.07) is 20.0. The molecule has 2 N–H and O–H groups in total. The highest BCUT2D eigenvalue weighted by atomic mass is 32.2. The van der Waals surface area contributed by atoms with E-state index >= 15 is 0 Å². The number of para-hydroxylation sites is 1. The van der Waals surface area contributed by atoms with Crippen molar-refractivity contribution in [2.45, 2.75) is 11.8 Å².